The molecule has 1 aliphatic rings. The quantitative estimate of drug-likeness (QED) is 0.773. The van der Waals surface area contributed by atoms with Gasteiger partial charge >= 0.3 is 0 Å². The Hall–Kier alpha value is -2.07. The van der Waals surface area contributed by atoms with Gasteiger partial charge in [0.1, 0.15) is 11.3 Å². The first-order valence-corrected chi connectivity index (χ1v) is 7.08. The number of fused-ring (bicyclic) bond motifs is 1. The van der Waals surface area contributed by atoms with E-state index in [1.165, 1.54) is 23.8 Å². The fraction of sp³-hybridized carbons (Fsp3) is 0.312. The summed E-state index contributed by atoms with van der Waals surface area (Å²) < 4.78 is 8.11. The van der Waals surface area contributed by atoms with Crippen LogP contribution in [0.4, 0.5) is 0 Å². The van der Waals surface area contributed by atoms with Crippen molar-refractivity contribution in [2.24, 2.45) is 0 Å². The van der Waals surface area contributed by atoms with Crippen LogP contribution in [0.3, 0.4) is 0 Å². The molecule has 1 aliphatic carbocycles. The molecule has 2 heterocycles. The molecule has 0 saturated heterocycles. The third-order valence-corrected chi connectivity index (χ3v) is 3.81. The Morgan fingerprint density at radius 2 is 2.20 bits per heavy atom. The highest BCUT2D eigenvalue weighted by atomic mass is 16.3. The minimum atomic E-state index is 0.685. The van der Waals surface area contributed by atoms with Gasteiger partial charge in [0.25, 0.3) is 0 Å². The smallest absolute Gasteiger partial charge is 0.134 e. The van der Waals surface area contributed by atoms with E-state index in [1.54, 1.807) is 0 Å². The largest absolute Gasteiger partial charge is 0.459 e. The second-order valence-corrected chi connectivity index (χ2v) is 5.39. The monoisotopic (exact) mass is 267 g/mol. The predicted molar refractivity (Wildman–Crippen MR) is 77.4 cm³/mol. The topological polar surface area (TPSA) is 43.0 Å². The molecule has 0 radical (unpaired) electrons. The number of furan rings is 1. The number of para-hydroxylation sites is 1. The molecule has 3 aromatic rings. The summed E-state index contributed by atoms with van der Waals surface area (Å²) in [4.78, 5) is 4.11. The molecule has 0 atom stereocenters. The van der Waals surface area contributed by atoms with Gasteiger partial charge in [-0.25, -0.2) is 4.98 Å². The molecule has 0 aliphatic heterocycles. The van der Waals surface area contributed by atoms with Crippen molar-refractivity contribution in [1.29, 1.82) is 0 Å². The molecule has 0 bridgehead atoms. The van der Waals surface area contributed by atoms with E-state index < -0.39 is 0 Å². The lowest BCUT2D eigenvalue weighted by Crippen LogP contribution is -2.16. The summed E-state index contributed by atoms with van der Waals surface area (Å²) in [7, 11) is 0. The van der Waals surface area contributed by atoms with Gasteiger partial charge in [-0.1, -0.05) is 18.2 Å². The normalized spacial score (nSPS) is 15.0. The maximum Gasteiger partial charge on any atom is 0.134 e. The maximum absolute atomic E-state index is 6.03. The minimum absolute atomic E-state index is 0.685. The van der Waals surface area contributed by atoms with Gasteiger partial charge in [0, 0.05) is 29.4 Å². The molecule has 1 saturated carbocycles. The zero-order valence-corrected chi connectivity index (χ0v) is 11.2. The molecule has 4 nitrogen and oxygen atoms in total. The van der Waals surface area contributed by atoms with E-state index >= 15 is 0 Å². The van der Waals surface area contributed by atoms with Crippen LogP contribution < -0.4 is 5.32 Å². The zero-order valence-electron chi connectivity index (χ0n) is 11.2. The summed E-state index contributed by atoms with van der Waals surface area (Å²) in [6, 6.07) is 8.93. The molecule has 20 heavy (non-hydrogen) atoms. The predicted octanol–water partition coefficient (Wildman–Crippen LogP) is 2.93. The van der Waals surface area contributed by atoms with Crippen LogP contribution in [0.25, 0.3) is 11.0 Å². The Morgan fingerprint density at radius 3 is 3.00 bits per heavy atom. The third kappa shape index (κ3) is 2.23. The van der Waals surface area contributed by atoms with E-state index in [2.05, 4.69) is 27.0 Å². The van der Waals surface area contributed by atoms with E-state index in [0.29, 0.717) is 6.04 Å². The number of benzene rings is 1. The lowest BCUT2D eigenvalue weighted by atomic mass is 10.1. The number of rotatable bonds is 5. The van der Waals surface area contributed by atoms with E-state index in [4.69, 9.17) is 4.42 Å². The van der Waals surface area contributed by atoms with Gasteiger partial charge in [-0.15, -0.1) is 0 Å². The van der Waals surface area contributed by atoms with Crippen LogP contribution in [-0.4, -0.2) is 15.6 Å². The molecular formula is C16H17N3O. The van der Waals surface area contributed by atoms with Crippen molar-refractivity contribution in [3.8, 4) is 0 Å². The van der Waals surface area contributed by atoms with Crippen LogP contribution in [-0.2, 0) is 13.1 Å². The van der Waals surface area contributed by atoms with Crippen LogP contribution in [0.5, 0.6) is 0 Å². The Kier molecular flexibility index (Phi) is 2.81. The van der Waals surface area contributed by atoms with Crippen LogP contribution in [0.2, 0.25) is 0 Å². The Labute approximate surface area is 117 Å². The molecule has 1 N–H and O–H groups in total. The van der Waals surface area contributed by atoms with E-state index in [1.807, 2.05) is 30.9 Å². The average molecular weight is 267 g/mol. The Morgan fingerprint density at radius 1 is 1.30 bits per heavy atom. The van der Waals surface area contributed by atoms with Crippen LogP contribution >= 0.6 is 0 Å². The summed E-state index contributed by atoms with van der Waals surface area (Å²) in [6.07, 6.45) is 8.22. The number of hydrogen-bond acceptors (Lipinski definition) is 3. The highest BCUT2D eigenvalue weighted by Crippen LogP contribution is 2.28. The van der Waals surface area contributed by atoms with Crippen molar-refractivity contribution in [2.75, 3.05) is 0 Å². The van der Waals surface area contributed by atoms with Gasteiger partial charge in [0.15, 0.2) is 0 Å². The summed E-state index contributed by atoms with van der Waals surface area (Å²) in [5, 5.41) is 4.74. The fourth-order valence-corrected chi connectivity index (χ4v) is 2.55. The van der Waals surface area contributed by atoms with Crippen molar-refractivity contribution in [3.05, 3.63) is 54.3 Å². The standard InChI is InChI=1S/C16H17N3O/c1-2-4-15-13(3-1)14(10-19-8-7-17-11-19)16(20-15)9-18-12-5-6-12/h1-4,7-8,11-12,18H,5-6,9-10H2. The molecule has 1 fully saturated rings. The van der Waals surface area contributed by atoms with Gasteiger partial charge in [0.05, 0.1) is 19.4 Å². The second kappa shape index (κ2) is 4.80. The summed E-state index contributed by atoms with van der Waals surface area (Å²) >= 11 is 0. The molecule has 0 spiro atoms. The number of hydrogen-bond donors (Lipinski definition) is 1. The zero-order chi connectivity index (χ0) is 13.4. The van der Waals surface area contributed by atoms with Gasteiger partial charge in [-0.2, -0.15) is 0 Å². The van der Waals surface area contributed by atoms with Gasteiger partial charge in [-0.05, 0) is 18.9 Å². The minimum Gasteiger partial charge on any atom is -0.459 e. The molecule has 1 aromatic carbocycles. The molecule has 0 amide bonds. The Bertz CT molecular complexity index is 710. The molecule has 2 aromatic heterocycles. The molecule has 4 rings (SSSR count). The van der Waals surface area contributed by atoms with Crippen molar-refractivity contribution >= 4 is 11.0 Å². The number of nitrogens with zero attached hydrogens (tertiary/aromatic N) is 2. The van der Waals surface area contributed by atoms with Crippen molar-refractivity contribution in [2.45, 2.75) is 32.0 Å². The third-order valence-electron chi connectivity index (χ3n) is 3.81. The number of nitrogens with one attached hydrogen (secondary N) is 1. The number of imidazole rings is 1. The van der Waals surface area contributed by atoms with E-state index in [-0.39, 0.29) is 0 Å². The first-order chi connectivity index (χ1) is 9.90. The van der Waals surface area contributed by atoms with Crippen molar-refractivity contribution < 1.29 is 4.42 Å². The molecule has 102 valence electrons. The highest BCUT2D eigenvalue weighted by Gasteiger charge is 2.22. The number of aromatic nitrogens is 2. The first-order valence-electron chi connectivity index (χ1n) is 7.08. The van der Waals surface area contributed by atoms with Gasteiger partial charge < -0.3 is 14.3 Å². The first kappa shape index (κ1) is 11.7. The molecule has 0 unspecified atom stereocenters. The van der Waals surface area contributed by atoms with Crippen LogP contribution in [0.15, 0.2) is 47.4 Å². The lowest BCUT2D eigenvalue weighted by molar-refractivity contribution is 0.504. The van der Waals surface area contributed by atoms with E-state index in [9.17, 15) is 0 Å². The van der Waals surface area contributed by atoms with Crippen LogP contribution in [0.1, 0.15) is 24.2 Å². The maximum atomic E-state index is 6.03. The van der Waals surface area contributed by atoms with Crippen LogP contribution in [0, 0.1) is 0 Å². The highest BCUT2D eigenvalue weighted by molar-refractivity contribution is 5.82. The summed E-state index contributed by atoms with van der Waals surface area (Å²) in [5.74, 6) is 1.05. The SMILES string of the molecule is c1ccc2c(Cn3ccnc3)c(CNC3CC3)oc2c1. The fourth-order valence-electron chi connectivity index (χ4n) is 2.55. The second-order valence-electron chi connectivity index (χ2n) is 5.39. The van der Waals surface area contributed by atoms with Gasteiger partial charge in [0.2, 0.25) is 0 Å². The Balaban J connectivity index is 1.71. The summed E-state index contributed by atoms with van der Waals surface area (Å²) in [5.41, 5.74) is 2.22. The molecular weight excluding hydrogens is 250 g/mol. The van der Waals surface area contributed by atoms with Crippen molar-refractivity contribution in [3.63, 3.8) is 0 Å². The lowest BCUT2D eigenvalue weighted by Gasteiger charge is -2.05. The summed E-state index contributed by atoms with van der Waals surface area (Å²) in [6.45, 7) is 1.61. The van der Waals surface area contributed by atoms with Crippen molar-refractivity contribution in [1.82, 2.24) is 14.9 Å². The van der Waals surface area contributed by atoms with Gasteiger partial charge in [-0.3, -0.25) is 0 Å². The molecule has 4 heteroatoms. The average Bonchev–Trinajstić information content (AvgIpc) is 3.04. The van der Waals surface area contributed by atoms with E-state index in [0.717, 1.165) is 24.4 Å².